The molecule has 0 radical (unpaired) electrons. The van der Waals surface area contributed by atoms with E-state index in [0.717, 1.165) is 16.7 Å². The van der Waals surface area contributed by atoms with Crippen LogP contribution in [-0.2, 0) is 0 Å². The van der Waals surface area contributed by atoms with Crippen LogP contribution in [0.4, 0.5) is 4.39 Å². The van der Waals surface area contributed by atoms with Crippen LogP contribution < -0.4 is 0 Å². The number of ketones is 1. The topological polar surface area (TPSA) is 17.1 Å². The molecule has 0 spiro atoms. The predicted octanol–water partition coefficient (Wildman–Crippen LogP) is 3.45. The highest BCUT2D eigenvalue weighted by Gasteiger charge is 2.21. The van der Waals surface area contributed by atoms with Crippen molar-refractivity contribution in [2.24, 2.45) is 0 Å². The molecule has 2 aromatic rings. The van der Waals surface area contributed by atoms with Crippen LogP contribution in [-0.4, -0.2) is 5.78 Å². The largest absolute Gasteiger partial charge is 0.289 e. The van der Waals surface area contributed by atoms with Crippen molar-refractivity contribution >= 4 is 11.4 Å². The summed E-state index contributed by atoms with van der Waals surface area (Å²) in [5, 5.41) is 0. The van der Waals surface area contributed by atoms with Gasteiger partial charge in [-0.1, -0.05) is 36.4 Å². The molecule has 0 saturated carbocycles. The van der Waals surface area contributed by atoms with E-state index in [1.165, 1.54) is 12.1 Å². The molecule has 0 N–H and O–H groups in total. The Balaban J connectivity index is 2.15. The van der Waals surface area contributed by atoms with Crippen molar-refractivity contribution in [2.45, 2.75) is 0 Å². The number of halogens is 1. The van der Waals surface area contributed by atoms with Crippen LogP contribution >= 0.6 is 0 Å². The van der Waals surface area contributed by atoms with Gasteiger partial charge in [0, 0.05) is 5.56 Å². The highest BCUT2D eigenvalue weighted by molar-refractivity contribution is 6.18. The summed E-state index contributed by atoms with van der Waals surface area (Å²) in [7, 11) is 0. The molecule has 2 heteroatoms. The van der Waals surface area contributed by atoms with E-state index in [2.05, 4.69) is 0 Å². The van der Waals surface area contributed by atoms with Crippen LogP contribution in [0.5, 0.6) is 0 Å². The van der Waals surface area contributed by atoms with E-state index < -0.39 is 0 Å². The van der Waals surface area contributed by atoms with Gasteiger partial charge < -0.3 is 0 Å². The Labute approximate surface area is 98.2 Å². The van der Waals surface area contributed by atoms with Crippen LogP contribution in [0.3, 0.4) is 0 Å². The van der Waals surface area contributed by atoms with E-state index in [0.29, 0.717) is 5.56 Å². The average Bonchev–Trinajstić information content (AvgIpc) is 2.69. The van der Waals surface area contributed by atoms with Crippen molar-refractivity contribution in [3.8, 4) is 0 Å². The van der Waals surface area contributed by atoms with Crippen LogP contribution in [0.25, 0.3) is 5.57 Å². The summed E-state index contributed by atoms with van der Waals surface area (Å²) < 4.78 is 12.9. The van der Waals surface area contributed by atoms with Gasteiger partial charge in [-0.15, -0.1) is 0 Å². The molecule has 0 atom stereocenters. The quantitative estimate of drug-likeness (QED) is 0.725. The molecule has 1 nitrogen and oxygen atoms in total. The van der Waals surface area contributed by atoms with Gasteiger partial charge in [0.25, 0.3) is 0 Å². The Morgan fingerprint density at radius 1 is 0.824 bits per heavy atom. The Bertz CT molecular complexity index is 624. The SMILES string of the molecule is O=C1C=C(c2ccc(F)cc2)c2ccccc21. The van der Waals surface area contributed by atoms with E-state index in [9.17, 15) is 9.18 Å². The minimum Gasteiger partial charge on any atom is -0.289 e. The first-order chi connectivity index (χ1) is 8.25. The van der Waals surface area contributed by atoms with Gasteiger partial charge in [0.2, 0.25) is 0 Å². The molecule has 0 heterocycles. The molecule has 3 rings (SSSR count). The van der Waals surface area contributed by atoms with Crippen molar-refractivity contribution in [1.82, 2.24) is 0 Å². The van der Waals surface area contributed by atoms with Crippen molar-refractivity contribution in [1.29, 1.82) is 0 Å². The highest BCUT2D eigenvalue weighted by Crippen LogP contribution is 2.32. The third-order valence-corrected chi connectivity index (χ3v) is 2.91. The number of hydrogen-bond donors (Lipinski definition) is 0. The highest BCUT2D eigenvalue weighted by atomic mass is 19.1. The number of carbonyl (C=O) groups excluding carboxylic acids is 1. The first-order valence-electron chi connectivity index (χ1n) is 5.37. The number of rotatable bonds is 1. The maximum atomic E-state index is 12.9. The zero-order chi connectivity index (χ0) is 11.8. The van der Waals surface area contributed by atoms with E-state index in [4.69, 9.17) is 0 Å². The van der Waals surface area contributed by atoms with Gasteiger partial charge in [-0.25, -0.2) is 4.39 Å². The van der Waals surface area contributed by atoms with Crippen LogP contribution in [0.15, 0.2) is 54.6 Å². The lowest BCUT2D eigenvalue weighted by molar-refractivity contribution is 0.105. The van der Waals surface area contributed by atoms with Gasteiger partial charge in [-0.05, 0) is 34.9 Å². The Hall–Kier alpha value is -2.22. The minimum absolute atomic E-state index is 0.0138. The molecule has 0 amide bonds. The van der Waals surface area contributed by atoms with Crippen molar-refractivity contribution in [3.05, 3.63) is 77.1 Å². The van der Waals surface area contributed by atoms with Crippen molar-refractivity contribution in [2.75, 3.05) is 0 Å². The lowest BCUT2D eigenvalue weighted by Crippen LogP contribution is -1.90. The van der Waals surface area contributed by atoms with Gasteiger partial charge >= 0.3 is 0 Å². The molecule has 2 aromatic carbocycles. The van der Waals surface area contributed by atoms with Gasteiger partial charge in [-0.2, -0.15) is 0 Å². The smallest absolute Gasteiger partial charge is 0.187 e. The van der Waals surface area contributed by atoms with Crippen LogP contribution in [0, 0.1) is 5.82 Å². The second-order valence-electron chi connectivity index (χ2n) is 3.97. The first-order valence-corrected chi connectivity index (χ1v) is 5.37. The third kappa shape index (κ3) is 1.58. The molecule has 0 unspecified atom stereocenters. The van der Waals surface area contributed by atoms with Crippen LogP contribution in [0.1, 0.15) is 21.5 Å². The van der Waals surface area contributed by atoms with Crippen LogP contribution in [0.2, 0.25) is 0 Å². The summed E-state index contributed by atoms with van der Waals surface area (Å²) in [6, 6.07) is 13.7. The summed E-state index contributed by atoms with van der Waals surface area (Å²) in [6.07, 6.45) is 1.61. The Morgan fingerprint density at radius 2 is 1.47 bits per heavy atom. The standard InChI is InChI=1S/C15H9FO/c16-11-7-5-10(6-8-11)14-9-15(17)13-4-2-1-3-12(13)14/h1-9H. The molecular formula is C15H9FO. The van der Waals surface area contributed by atoms with Gasteiger partial charge in [0.15, 0.2) is 5.78 Å². The van der Waals surface area contributed by atoms with E-state index >= 15 is 0 Å². The molecule has 0 bridgehead atoms. The second-order valence-corrected chi connectivity index (χ2v) is 3.97. The van der Waals surface area contributed by atoms with Gasteiger partial charge in [0.1, 0.15) is 5.82 Å². The monoisotopic (exact) mass is 224 g/mol. The number of allylic oxidation sites excluding steroid dienone is 1. The fourth-order valence-corrected chi connectivity index (χ4v) is 2.09. The summed E-state index contributed by atoms with van der Waals surface area (Å²) in [4.78, 5) is 11.8. The maximum Gasteiger partial charge on any atom is 0.187 e. The molecule has 1 aliphatic carbocycles. The van der Waals surface area contributed by atoms with Gasteiger partial charge in [-0.3, -0.25) is 4.79 Å². The number of carbonyl (C=O) groups is 1. The van der Waals surface area contributed by atoms with E-state index in [1.807, 2.05) is 24.3 Å². The zero-order valence-electron chi connectivity index (χ0n) is 8.98. The molecule has 1 aliphatic rings. The lowest BCUT2D eigenvalue weighted by Gasteiger charge is -2.04. The van der Waals surface area contributed by atoms with Crippen molar-refractivity contribution in [3.63, 3.8) is 0 Å². The molecule has 17 heavy (non-hydrogen) atoms. The fourth-order valence-electron chi connectivity index (χ4n) is 2.09. The van der Waals surface area contributed by atoms with Crippen molar-refractivity contribution < 1.29 is 9.18 Å². The summed E-state index contributed by atoms with van der Waals surface area (Å²) >= 11 is 0. The predicted molar refractivity (Wildman–Crippen MR) is 64.3 cm³/mol. The average molecular weight is 224 g/mol. The second kappa shape index (κ2) is 3.67. The number of hydrogen-bond acceptors (Lipinski definition) is 1. The lowest BCUT2D eigenvalue weighted by atomic mass is 9.99. The molecule has 82 valence electrons. The fraction of sp³-hybridized carbons (Fsp3) is 0. The first kappa shape index (κ1) is 9.97. The molecule has 0 saturated heterocycles. The van der Waals surface area contributed by atoms with Gasteiger partial charge in [0.05, 0.1) is 0 Å². The molecule has 0 fully saturated rings. The number of fused-ring (bicyclic) bond motifs is 1. The summed E-state index contributed by atoms with van der Waals surface area (Å²) in [5.41, 5.74) is 3.37. The molecule has 0 aliphatic heterocycles. The molecule has 0 aromatic heterocycles. The minimum atomic E-state index is -0.271. The third-order valence-electron chi connectivity index (χ3n) is 2.91. The summed E-state index contributed by atoms with van der Waals surface area (Å²) in [5.74, 6) is -0.258. The normalized spacial score (nSPS) is 13.5. The maximum absolute atomic E-state index is 12.9. The Morgan fingerprint density at radius 3 is 2.18 bits per heavy atom. The zero-order valence-corrected chi connectivity index (χ0v) is 8.98. The van der Waals surface area contributed by atoms with E-state index in [1.54, 1.807) is 18.2 Å². The number of benzene rings is 2. The molecular weight excluding hydrogens is 215 g/mol. The van der Waals surface area contributed by atoms with E-state index in [-0.39, 0.29) is 11.6 Å². The Kier molecular flexibility index (Phi) is 2.15. The summed E-state index contributed by atoms with van der Waals surface area (Å²) in [6.45, 7) is 0.